The van der Waals surface area contributed by atoms with Gasteiger partial charge in [-0.2, -0.15) is 0 Å². The minimum absolute atomic E-state index is 0.00505. The number of carbonyl (C=O) groups is 1. The van der Waals surface area contributed by atoms with Gasteiger partial charge < -0.3 is 9.15 Å². The molecule has 0 spiro atoms. The topological polar surface area (TPSA) is 56.5 Å². The first kappa shape index (κ1) is 19.9. The molecule has 0 aliphatic heterocycles. The summed E-state index contributed by atoms with van der Waals surface area (Å²) in [7, 11) is 0. The number of benzene rings is 3. The average Bonchev–Trinajstić information content (AvgIpc) is 2.76. The van der Waals surface area contributed by atoms with Crippen LogP contribution in [0.5, 0.6) is 5.75 Å². The van der Waals surface area contributed by atoms with Gasteiger partial charge in [-0.05, 0) is 55.8 Å². The molecular formula is C25H19ClO4. The molecule has 0 unspecified atom stereocenters. The second kappa shape index (κ2) is 8.17. The zero-order valence-corrected chi connectivity index (χ0v) is 17.3. The number of carbonyl (C=O) groups excluding carboxylic acids is 1. The van der Waals surface area contributed by atoms with Crippen molar-refractivity contribution < 1.29 is 13.9 Å². The van der Waals surface area contributed by atoms with Gasteiger partial charge in [-0.25, -0.2) is 0 Å². The summed E-state index contributed by atoms with van der Waals surface area (Å²) in [6.07, 6.45) is -0.871. The minimum atomic E-state index is -0.871. The molecule has 0 saturated carbocycles. The van der Waals surface area contributed by atoms with E-state index in [1.54, 1.807) is 67.6 Å². The monoisotopic (exact) mass is 418 g/mol. The Hall–Kier alpha value is -3.37. The van der Waals surface area contributed by atoms with Crippen molar-refractivity contribution in [1.29, 1.82) is 0 Å². The molecule has 0 aliphatic carbocycles. The van der Waals surface area contributed by atoms with E-state index < -0.39 is 6.10 Å². The van der Waals surface area contributed by atoms with Crippen molar-refractivity contribution in [2.45, 2.75) is 20.0 Å². The van der Waals surface area contributed by atoms with E-state index in [4.69, 9.17) is 20.8 Å². The van der Waals surface area contributed by atoms with Crippen molar-refractivity contribution >= 4 is 28.4 Å². The van der Waals surface area contributed by atoms with Gasteiger partial charge in [-0.1, -0.05) is 48.0 Å². The van der Waals surface area contributed by atoms with Crippen molar-refractivity contribution in [2.75, 3.05) is 0 Å². The molecule has 1 heterocycles. The number of halogens is 1. The van der Waals surface area contributed by atoms with Gasteiger partial charge >= 0.3 is 0 Å². The van der Waals surface area contributed by atoms with Gasteiger partial charge in [0.25, 0.3) is 0 Å². The Morgan fingerprint density at radius 2 is 1.70 bits per heavy atom. The lowest BCUT2D eigenvalue weighted by molar-refractivity contribution is 0.0815. The lowest BCUT2D eigenvalue weighted by Crippen LogP contribution is -2.26. The fraction of sp³-hybridized carbons (Fsp3) is 0.120. The summed E-state index contributed by atoms with van der Waals surface area (Å²) < 4.78 is 12.0. The quantitative estimate of drug-likeness (QED) is 0.369. The Morgan fingerprint density at radius 3 is 2.40 bits per heavy atom. The van der Waals surface area contributed by atoms with Crippen LogP contribution in [0.4, 0.5) is 0 Å². The number of rotatable bonds is 5. The van der Waals surface area contributed by atoms with E-state index in [1.807, 2.05) is 19.1 Å². The third-order valence-corrected chi connectivity index (χ3v) is 5.09. The molecule has 4 rings (SSSR count). The Kier molecular flexibility index (Phi) is 5.42. The van der Waals surface area contributed by atoms with Gasteiger partial charge in [0.05, 0.1) is 5.39 Å². The largest absolute Gasteiger partial charge is 0.475 e. The molecule has 150 valence electrons. The van der Waals surface area contributed by atoms with Crippen LogP contribution in [0.15, 0.2) is 82.0 Å². The highest BCUT2D eigenvalue weighted by Crippen LogP contribution is 2.32. The standard InChI is InChI=1S/C25H19ClO4/c1-15-8-13-20-21(14-15)30-24(18-9-11-19(26)12-10-18)25(23(20)28)29-16(2)22(27)17-6-4-3-5-7-17/h3-14,16H,1-2H3/t16-/m1/s1. The molecule has 1 atom stereocenters. The molecule has 5 heteroatoms. The van der Waals surface area contributed by atoms with Gasteiger partial charge in [0.2, 0.25) is 17.0 Å². The highest BCUT2D eigenvalue weighted by molar-refractivity contribution is 6.30. The number of fused-ring (bicyclic) bond motifs is 1. The van der Waals surface area contributed by atoms with E-state index >= 15 is 0 Å². The summed E-state index contributed by atoms with van der Waals surface area (Å²) in [5.74, 6) is 0.0500. The van der Waals surface area contributed by atoms with Crippen LogP contribution in [0.2, 0.25) is 5.02 Å². The first-order chi connectivity index (χ1) is 14.4. The molecule has 4 aromatic rings. The number of aryl methyl sites for hydroxylation is 1. The van der Waals surface area contributed by atoms with E-state index in [0.717, 1.165) is 5.56 Å². The van der Waals surface area contributed by atoms with E-state index in [2.05, 4.69) is 0 Å². The molecule has 3 aromatic carbocycles. The lowest BCUT2D eigenvalue weighted by atomic mass is 10.1. The Bertz CT molecular complexity index is 1270. The minimum Gasteiger partial charge on any atom is -0.475 e. The molecule has 0 radical (unpaired) electrons. The zero-order valence-electron chi connectivity index (χ0n) is 16.5. The fourth-order valence-corrected chi connectivity index (χ4v) is 3.38. The second-order valence-electron chi connectivity index (χ2n) is 7.09. The van der Waals surface area contributed by atoms with Crippen LogP contribution >= 0.6 is 11.6 Å². The van der Waals surface area contributed by atoms with Crippen LogP contribution in [0.1, 0.15) is 22.8 Å². The van der Waals surface area contributed by atoms with E-state index in [9.17, 15) is 9.59 Å². The zero-order chi connectivity index (χ0) is 21.3. The lowest BCUT2D eigenvalue weighted by Gasteiger charge is -2.16. The molecule has 30 heavy (non-hydrogen) atoms. The molecule has 1 aromatic heterocycles. The van der Waals surface area contributed by atoms with Gasteiger partial charge in [0.15, 0.2) is 11.9 Å². The first-order valence-electron chi connectivity index (χ1n) is 9.53. The summed E-state index contributed by atoms with van der Waals surface area (Å²) >= 11 is 6.01. The molecule has 0 amide bonds. The molecule has 0 N–H and O–H groups in total. The van der Waals surface area contributed by atoms with Crippen LogP contribution in [0, 0.1) is 6.92 Å². The molecule has 4 nitrogen and oxygen atoms in total. The summed E-state index contributed by atoms with van der Waals surface area (Å²) in [6.45, 7) is 3.55. The predicted octanol–water partition coefficient (Wildman–Crippen LogP) is 6.07. The average molecular weight is 419 g/mol. The van der Waals surface area contributed by atoms with Gasteiger partial charge in [0.1, 0.15) is 5.58 Å². The van der Waals surface area contributed by atoms with Crippen molar-refractivity contribution in [3.05, 3.63) is 99.2 Å². The summed E-state index contributed by atoms with van der Waals surface area (Å²) in [5.41, 5.74) is 2.25. The van der Waals surface area contributed by atoms with E-state index in [-0.39, 0.29) is 22.7 Å². The van der Waals surface area contributed by atoms with Crippen LogP contribution < -0.4 is 10.2 Å². The normalized spacial score (nSPS) is 12.0. The third-order valence-electron chi connectivity index (χ3n) is 4.83. The van der Waals surface area contributed by atoms with E-state index in [1.165, 1.54) is 0 Å². The van der Waals surface area contributed by atoms with E-state index in [0.29, 0.717) is 27.1 Å². The van der Waals surface area contributed by atoms with Gasteiger partial charge in [-0.15, -0.1) is 0 Å². The maximum absolute atomic E-state index is 13.3. The molecule has 0 aliphatic rings. The number of Topliss-reactive ketones (excluding diaryl/α,β-unsaturated/α-hetero) is 1. The number of ether oxygens (including phenoxy) is 1. The number of hydrogen-bond donors (Lipinski definition) is 0. The molecule has 0 saturated heterocycles. The van der Waals surface area contributed by atoms with Gasteiger partial charge in [0, 0.05) is 16.1 Å². The summed E-state index contributed by atoms with van der Waals surface area (Å²) in [4.78, 5) is 26.1. The predicted molar refractivity (Wildman–Crippen MR) is 119 cm³/mol. The Labute approximate surface area is 178 Å². The smallest absolute Gasteiger partial charge is 0.235 e. The third kappa shape index (κ3) is 3.87. The van der Waals surface area contributed by atoms with Crippen molar-refractivity contribution in [3.8, 4) is 17.1 Å². The van der Waals surface area contributed by atoms with Crippen molar-refractivity contribution in [2.24, 2.45) is 0 Å². The SMILES string of the molecule is Cc1ccc2c(=O)c(O[C@H](C)C(=O)c3ccccc3)c(-c3ccc(Cl)cc3)oc2c1. The van der Waals surface area contributed by atoms with Crippen LogP contribution in [0.25, 0.3) is 22.3 Å². The molecule has 0 bridgehead atoms. The van der Waals surface area contributed by atoms with Crippen molar-refractivity contribution in [3.63, 3.8) is 0 Å². The van der Waals surface area contributed by atoms with Crippen LogP contribution in [-0.2, 0) is 0 Å². The summed E-state index contributed by atoms with van der Waals surface area (Å²) in [5, 5.41) is 0.959. The Morgan fingerprint density at radius 1 is 1.00 bits per heavy atom. The summed E-state index contributed by atoms with van der Waals surface area (Å²) in [6, 6.07) is 21.1. The second-order valence-corrected chi connectivity index (χ2v) is 7.52. The highest BCUT2D eigenvalue weighted by atomic mass is 35.5. The van der Waals surface area contributed by atoms with Crippen LogP contribution in [0.3, 0.4) is 0 Å². The van der Waals surface area contributed by atoms with Crippen LogP contribution in [-0.4, -0.2) is 11.9 Å². The van der Waals surface area contributed by atoms with Crippen molar-refractivity contribution in [1.82, 2.24) is 0 Å². The first-order valence-corrected chi connectivity index (χ1v) is 9.91. The highest BCUT2D eigenvalue weighted by Gasteiger charge is 2.23. The fourth-order valence-electron chi connectivity index (χ4n) is 3.25. The Balaban J connectivity index is 1.84. The maximum atomic E-state index is 13.3. The molecular weight excluding hydrogens is 400 g/mol. The number of ketones is 1. The van der Waals surface area contributed by atoms with Gasteiger partial charge in [-0.3, -0.25) is 9.59 Å². The molecule has 0 fully saturated rings. The number of hydrogen-bond acceptors (Lipinski definition) is 4. The maximum Gasteiger partial charge on any atom is 0.235 e.